The summed E-state index contributed by atoms with van der Waals surface area (Å²) in [6, 6.07) is 24.9. The van der Waals surface area contributed by atoms with E-state index in [1.807, 2.05) is 36.4 Å². The van der Waals surface area contributed by atoms with Gasteiger partial charge in [-0.05, 0) is 58.8 Å². The van der Waals surface area contributed by atoms with E-state index in [2.05, 4.69) is 10.5 Å². The molecule has 0 aliphatic rings. The second-order valence-electron chi connectivity index (χ2n) is 6.99. The molecule has 0 radical (unpaired) electrons. The minimum atomic E-state index is -0.539. The van der Waals surface area contributed by atoms with Gasteiger partial charge in [0.15, 0.2) is 0 Å². The van der Waals surface area contributed by atoms with Crippen LogP contribution < -0.4 is 10.2 Å². The number of nitro groups is 1. The lowest BCUT2D eigenvalue weighted by molar-refractivity contribution is -0.384. The largest absolute Gasteiger partial charge is 0.423 e. The Morgan fingerprint density at radius 2 is 1.58 bits per heavy atom. The number of benzene rings is 4. The minimum absolute atomic E-state index is 0.101. The number of esters is 1. The Bertz CT molecular complexity index is 1360. The first-order valence-corrected chi connectivity index (χ1v) is 9.89. The molecule has 0 saturated carbocycles. The average Bonchev–Trinajstić information content (AvgIpc) is 2.84. The smallest absolute Gasteiger partial charge is 0.344 e. The number of carbonyl (C=O) groups is 2. The Labute approximate surface area is 188 Å². The highest BCUT2D eigenvalue weighted by Crippen LogP contribution is 2.21. The molecule has 4 aromatic rings. The Morgan fingerprint density at radius 1 is 0.879 bits per heavy atom. The van der Waals surface area contributed by atoms with Crippen LogP contribution in [-0.4, -0.2) is 23.0 Å². The molecule has 0 spiro atoms. The molecule has 0 unspecified atom stereocenters. The molecule has 0 saturated heterocycles. The van der Waals surface area contributed by atoms with Crippen molar-refractivity contribution < 1.29 is 19.2 Å². The Balaban J connectivity index is 1.37. The standard InChI is InChI=1S/C25H17N3O5/c29-24(19-10-12-20(13-11-19)28(31)32)27-26-16-17-8-14-21(15-9-17)33-25(30)23-7-3-5-18-4-1-2-6-22(18)23/h1-16H,(H,27,29)/b26-16-. The number of amides is 1. The van der Waals surface area contributed by atoms with Gasteiger partial charge < -0.3 is 4.74 Å². The van der Waals surface area contributed by atoms with Crippen LogP contribution in [0.2, 0.25) is 0 Å². The summed E-state index contributed by atoms with van der Waals surface area (Å²) < 4.78 is 5.49. The maximum absolute atomic E-state index is 12.6. The van der Waals surface area contributed by atoms with Crippen molar-refractivity contribution in [1.29, 1.82) is 0 Å². The minimum Gasteiger partial charge on any atom is -0.423 e. The number of nitro benzene ring substituents is 1. The third-order valence-electron chi connectivity index (χ3n) is 4.82. The molecule has 1 amide bonds. The van der Waals surface area contributed by atoms with Crippen LogP contribution >= 0.6 is 0 Å². The van der Waals surface area contributed by atoms with Gasteiger partial charge >= 0.3 is 5.97 Å². The van der Waals surface area contributed by atoms with Crippen molar-refractivity contribution in [3.05, 3.63) is 118 Å². The summed E-state index contributed by atoms with van der Waals surface area (Å²) in [5.74, 6) is -0.578. The molecular weight excluding hydrogens is 422 g/mol. The van der Waals surface area contributed by atoms with E-state index < -0.39 is 16.8 Å². The van der Waals surface area contributed by atoms with Crippen LogP contribution in [0.4, 0.5) is 5.69 Å². The zero-order valence-corrected chi connectivity index (χ0v) is 17.2. The van der Waals surface area contributed by atoms with Gasteiger partial charge in [-0.25, -0.2) is 10.2 Å². The Kier molecular flexibility index (Phi) is 6.17. The van der Waals surface area contributed by atoms with Crippen LogP contribution in [0.1, 0.15) is 26.3 Å². The third-order valence-corrected chi connectivity index (χ3v) is 4.82. The molecule has 8 heteroatoms. The number of nitrogens with zero attached hydrogens (tertiary/aromatic N) is 2. The summed E-state index contributed by atoms with van der Waals surface area (Å²) in [6.07, 6.45) is 1.43. The van der Waals surface area contributed by atoms with Crippen LogP contribution in [0.3, 0.4) is 0 Å². The highest BCUT2D eigenvalue weighted by molar-refractivity contribution is 6.05. The van der Waals surface area contributed by atoms with Gasteiger partial charge in [0, 0.05) is 17.7 Å². The fourth-order valence-corrected chi connectivity index (χ4v) is 3.15. The number of hydrogen-bond donors (Lipinski definition) is 1. The van der Waals surface area contributed by atoms with E-state index >= 15 is 0 Å². The molecule has 0 aliphatic heterocycles. The van der Waals surface area contributed by atoms with Crippen molar-refractivity contribution >= 4 is 34.6 Å². The zero-order valence-electron chi connectivity index (χ0n) is 17.2. The summed E-state index contributed by atoms with van der Waals surface area (Å²) in [7, 11) is 0. The van der Waals surface area contributed by atoms with Gasteiger partial charge in [0.05, 0.1) is 16.7 Å². The molecule has 0 fully saturated rings. The maximum Gasteiger partial charge on any atom is 0.344 e. The molecule has 0 aliphatic carbocycles. The number of hydrazone groups is 1. The molecule has 1 N–H and O–H groups in total. The summed E-state index contributed by atoms with van der Waals surface area (Å²) in [5.41, 5.74) is 3.65. The van der Waals surface area contributed by atoms with Crippen LogP contribution in [0, 0.1) is 10.1 Å². The molecule has 162 valence electrons. The van der Waals surface area contributed by atoms with Gasteiger partial charge in [0.2, 0.25) is 0 Å². The normalized spacial score (nSPS) is 10.8. The van der Waals surface area contributed by atoms with Crippen molar-refractivity contribution in [2.24, 2.45) is 5.10 Å². The number of non-ortho nitro benzene ring substituents is 1. The lowest BCUT2D eigenvalue weighted by Crippen LogP contribution is -2.17. The van der Waals surface area contributed by atoms with Crippen LogP contribution in [0.5, 0.6) is 5.75 Å². The molecule has 4 aromatic carbocycles. The highest BCUT2D eigenvalue weighted by atomic mass is 16.6. The van der Waals surface area contributed by atoms with E-state index in [0.29, 0.717) is 16.9 Å². The molecule has 0 atom stereocenters. The second-order valence-corrected chi connectivity index (χ2v) is 6.99. The lowest BCUT2D eigenvalue weighted by Gasteiger charge is -2.07. The van der Waals surface area contributed by atoms with Crippen molar-refractivity contribution in [2.75, 3.05) is 0 Å². The van der Waals surface area contributed by atoms with Crippen molar-refractivity contribution in [3.63, 3.8) is 0 Å². The molecule has 4 rings (SSSR count). The van der Waals surface area contributed by atoms with Gasteiger partial charge in [-0.2, -0.15) is 5.10 Å². The van der Waals surface area contributed by atoms with Gasteiger partial charge in [0.1, 0.15) is 5.75 Å². The van der Waals surface area contributed by atoms with Gasteiger partial charge in [-0.1, -0.05) is 36.4 Å². The molecule has 8 nitrogen and oxygen atoms in total. The van der Waals surface area contributed by atoms with E-state index in [4.69, 9.17) is 4.74 Å². The van der Waals surface area contributed by atoms with Crippen molar-refractivity contribution in [2.45, 2.75) is 0 Å². The van der Waals surface area contributed by atoms with Gasteiger partial charge in [-0.3, -0.25) is 14.9 Å². The summed E-state index contributed by atoms with van der Waals surface area (Å²) >= 11 is 0. The monoisotopic (exact) mass is 439 g/mol. The molecule has 0 heterocycles. The average molecular weight is 439 g/mol. The number of ether oxygens (including phenoxy) is 1. The fraction of sp³-hybridized carbons (Fsp3) is 0. The van der Waals surface area contributed by atoms with E-state index in [1.165, 1.54) is 30.5 Å². The van der Waals surface area contributed by atoms with Crippen LogP contribution in [0.15, 0.2) is 96.1 Å². The number of fused-ring (bicyclic) bond motifs is 1. The first-order chi connectivity index (χ1) is 16.0. The highest BCUT2D eigenvalue weighted by Gasteiger charge is 2.12. The topological polar surface area (TPSA) is 111 Å². The van der Waals surface area contributed by atoms with Crippen LogP contribution in [-0.2, 0) is 0 Å². The summed E-state index contributed by atoms with van der Waals surface area (Å²) in [5, 5.41) is 16.3. The predicted molar refractivity (Wildman–Crippen MR) is 124 cm³/mol. The predicted octanol–water partition coefficient (Wildman–Crippen LogP) is 4.73. The Hall–Kier alpha value is -4.85. The SMILES string of the molecule is O=C(N/N=C\c1ccc(OC(=O)c2cccc3ccccc23)cc1)c1ccc([N+](=O)[O-])cc1. The number of nitrogens with one attached hydrogen (secondary N) is 1. The number of carbonyl (C=O) groups excluding carboxylic acids is 2. The van der Waals surface area contributed by atoms with E-state index in [0.717, 1.165) is 10.8 Å². The molecule has 33 heavy (non-hydrogen) atoms. The van der Waals surface area contributed by atoms with E-state index in [-0.39, 0.29) is 11.3 Å². The fourth-order valence-electron chi connectivity index (χ4n) is 3.15. The Morgan fingerprint density at radius 3 is 2.30 bits per heavy atom. The quantitative estimate of drug-likeness (QED) is 0.153. The van der Waals surface area contributed by atoms with Crippen molar-refractivity contribution in [3.8, 4) is 5.75 Å². The molecule has 0 bridgehead atoms. The maximum atomic E-state index is 12.6. The van der Waals surface area contributed by atoms with Gasteiger partial charge in [0.25, 0.3) is 11.6 Å². The van der Waals surface area contributed by atoms with E-state index in [9.17, 15) is 19.7 Å². The first-order valence-electron chi connectivity index (χ1n) is 9.89. The first kappa shape index (κ1) is 21.4. The number of rotatable bonds is 6. The zero-order chi connectivity index (χ0) is 23.2. The molecular formula is C25H17N3O5. The second kappa shape index (κ2) is 9.52. The lowest BCUT2D eigenvalue weighted by atomic mass is 10.0. The molecule has 0 aromatic heterocycles. The van der Waals surface area contributed by atoms with Crippen molar-refractivity contribution in [1.82, 2.24) is 5.43 Å². The third kappa shape index (κ3) is 5.08. The van der Waals surface area contributed by atoms with E-state index in [1.54, 1.807) is 30.3 Å². The van der Waals surface area contributed by atoms with Gasteiger partial charge in [-0.15, -0.1) is 0 Å². The van der Waals surface area contributed by atoms with Crippen LogP contribution in [0.25, 0.3) is 10.8 Å². The number of hydrogen-bond acceptors (Lipinski definition) is 6. The summed E-state index contributed by atoms with van der Waals surface area (Å²) in [6.45, 7) is 0. The summed E-state index contributed by atoms with van der Waals surface area (Å²) in [4.78, 5) is 34.8.